The first-order valence-corrected chi connectivity index (χ1v) is 13.3. The number of hydrogen-bond acceptors (Lipinski definition) is 6. The van der Waals surface area contributed by atoms with Crippen LogP contribution in [0.15, 0.2) is 68.4 Å². The van der Waals surface area contributed by atoms with Crippen LogP contribution in [0, 0.1) is 6.92 Å². The maximum Gasteiger partial charge on any atom is 0.289 e. The van der Waals surface area contributed by atoms with Crippen molar-refractivity contribution in [1.29, 1.82) is 0 Å². The van der Waals surface area contributed by atoms with Gasteiger partial charge < -0.3 is 14.7 Å². The van der Waals surface area contributed by atoms with Crippen LogP contribution < -0.4 is 20.8 Å². The quantitative estimate of drug-likeness (QED) is 0.330. The number of nitrogens with zero attached hydrogens (tertiary/aromatic N) is 5. The maximum atomic E-state index is 13.1. The third-order valence-electron chi connectivity index (χ3n) is 5.89. The van der Waals surface area contributed by atoms with Crippen molar-refractivity contribution < 1.29 is 27.2 Å². The summed E-state index contributed by atoms with van der Waals surface area (Å²) in [6, 6.07) is 14.3. The van der Waals surface area contributed by atoms with Gasteiger partial charge in [-0.25, -0.2) is 4.68 Å². The van der Waals surface area contributed by atoms with Gasteiger partial charge >= 0.3 is 0 Å². The largest absolute Gasteiger partial charge is 0.486 e. The topological polar surface area (TPSA) is 130 Å². The van der Waals surface area contributed by atoms with Crippen molar-refractivity contribution >= 4 is 44.9 Å². The van der Waals surface area contributed by atoms with Gasteiger partial charge in [0.1, 0.15) is 19.6 Å². The molecule has 0 saturated carbocycles. The highest BCUT2D eigenvalue weighted by molar-refractivity contribution is 7.90. The average molecular weight is 543 g/mol. The number of hydrogen-bond donors (Lipinski definition) is 1. The van der Waals surface area contributed by atoms with Crippen molar-refractivity contribution in [1.82, 2.24) is 15.1 Å². The van der Waals surface area contributed by atoms with Crippen molar-refractivity contribution in [2.75, 3.05) is 11.9 Å². The van der Waals surface area contributed by atoms with Gasteiger partial charge in [-0.05, 0) is 50.3 Å². The van der Waals surface area contributed by atoms with Crippen LogP contribution in [0.1, 0.15) is 24.6 Å². The highest BCUT2D eigenvalue weighted by atomic mass is 32.2. The van der Waals surface area contributed by atoms with Gasteiger partial charge in [0.15, 0.2) is 5.11 Å². The molecule has 1 aliphatic rings. The fourth-order valence-electron chi connectivity index (χ4n) is 3.88. The van der Waals surface area contributed by atoms with E-state index in [9.17, 15) is 18.0 Å². The second-order valence-corrected chi connectivity index (χ2v) is 10.4. The Morgan fingerprint density at radius 3 is 2.51 bits per heavy atom. The van der Waals surface area contributed by atoms with E-state index in [2.05, 4.69) is 15.0 Å². The van der Waals surface area contributed by atoms with Gasteiger partial charge in [-0.2, -0.15) is 8.42 Å². The molecule has 1 atom stereocenters. The average Bonchev–Trinajstić information content (AvgIpc) is 3.30. The van der Waals surface area contributed by atoms with E-state index in [1.165, 1.54) is 21.7 Å². The summed E-state index contributed by atoms with van der Waals surface area (Å²) in [5.41, 5.74) is 1.55. The second kappa shape index (κ2) is 10.6. The van der Waals surface area contributed by atoms with E-state index in [0.29, 0.717) is 12.2 Å². The molecule has 13 heteroatoms. The van der Waals surface area contributed by atoms with E-state index in [1.54, 1.807) is 55.3 Å². The SMILES string of the molecule is CCN1C(=O)C(CC(=O)Nc2ccccc2)N(Cc2/c(=N/S(=O)(=O)c3ccc(C)cc3)o[n-][n+]2C)C1=S. The van der Waals surface area contributed by atoms with Gasteiger partial charge in [-0.15, -0.1) is 4.40 Å². The van der Waals surface area contributed by atoms with Crippen LogP contribution in [0.5, 0.6) is 0 Å². The van der Waals surface area contributed by atoms with Gasteiger partial charge in [-0.3, -0.25) is 19.8 Å². The first-order valence-electron chi connectivity index (χ1n) is 11.5. The van der Waals surface area contributed by atoms with Crippen molar-refractivity contribution in [3.05, 3.63) is 71.4 Å². The molecule has 194 valence electrons. The molecule has 2 amide bonds. The number of nitrogens with one attached hydrogen (secondary N) is 1. The number of para-hydroxylation sites is 1. The summed E-state index contributed by atoms with van der Waals surface area (Å²) in [4.78, 5) is 28.9. The van der Waals surface area contributed by atoms with Gasteiger partial charge in [0.05, 0.1) is 11.3 Å². The first kappa shape index (κ1) is 26.2. The molecule has 0 radical (unpaired) electrons. The molecule has 2 heterocycles. The molecular formula is C24H26N6O5S2. The lowest BCUT2D eigenvalue weighted by atomic mass is 10.1. The van der Waals surface area contributed by atoms with E-state index >= 15 is 0 Å². The number of aromatic nitrogens is 2. The number of benzene rings is 2. The molecular weight excluding hydrogens is 516 g/mol. The summed E-state index contributed by atoms with van der Waals surface area (Å²) in [6.45, 7) is 3.90. The Labute approximate surface area is 219 Å². The molecule has 1 N–H and O–H groups in total. The number of anilines is 1. The fourth-order valence-corrected chi connectivity index (χ4v) is 5.24. The fraction of sp³-hybridized carbons (Fsp3) is 0.292. The molecule has 0 aliphatic carbocycles. The van der Waals surface area contributed by atoms with Crippen molar-refractivity contribution in [2.45, 2.75) is 37.8 Å². The van der Waals surface area contributed by atoms with Crippen LogP contribution in [0.2, 0.25) is 0 Å². The summed E-state index contributed by atoms with van der Waals surface area (Å²) in [5.74, 6) is -0.683. The minimum Gasteiger partial charge on any atom is -0.486 e. The molecule has 1 fully saturated rings. The Bertz CT molecular complexity index is 1500. The molecule has 0 spiro atoms. The maximum absolute atomic E-state index is 13.1. The van der Waals surface area contributed by atoms with Crippen LogP contribution in [-0.4, -0.2) is 47.7 Å². The molecule has 1 unspecified atom stereocenters. The number of carbonyl (C=O) groups excluding carboxylic acids is 2. The van der Waals surface area contributed by atoms with Crippen LogP contribution in [0.25, 0.3) is 0 Å². The monoisotopic (exact) mass is 542 g/mol. The summed E-state index contributed by atoms with van der Waals surface area (Å²) in [6.07, 6.45) is -0.159. The van der Waals surface area contributed by atoms with Crippen molar-refractivity contribution in [3.8, 4) is 0 Å². The zero-order valence-electron chi connectivity index (χ0n) is 20.5. The number of aryl methyl sites for hydroxylation is 2. The standard InChI is InChI=1S/C24H26N6O5S2/c1-4-29-23(32)19(14-21(31)25-17-8-6-5-7-9-17)30(24(29)36)15-20-22(35-27-28(20)3)26-37(33,34)18-12-10-16(2)11-13-18/h5-13,19H,4,14-15H2,1-3H3,(H,25,31)/b26-22-. The van der Waals surface area contributed by atoms with Gasteiger partial charge in [0.25, 0.3) is 27.2 Å². The predicted molar refractivity (Wildman–Crippen MR) is 136 cm³/mol. The predicted octanol–water partition coefficient (Wildman–Crippen LogP) is 1.01. The van der Waals surface area contributed by atoms with Crippen LogP contribution >= 0.6 is 12.2 Å². The minimum absolute atomic E-state index is 0.00240. The zero-order valence-corrected chi connectivity index (χ0v) is 22.1. The van der Waals surface area contributed by atoms with Gasteiger partial charge in [0, 0.05) is 12.2 Å². The van der Waals surface area contributed by atoms with Crippen molar-refractivity contribution in [2.24, 2.45) is 11.4 Å². The molecule has 4 rings (SSSR count). The van der Waals surface area contributed by atoms with E-state index in [0.717, 1.165) is 5.56 Å². The van der Waals surface area contributed by atoms with E-state index in [4.69, 9.17) is 16.7 Å². The second-order valence-electron chi connectivity index (χ2n) is 8.45. The van der Waals surface area contributed by atoms with E-state index < -0.39 is 16.1 Å². The summed E-state index contributed by atoms with van der Waals surface area (Å²) >= 11 is 5.55. The smallest absolute Gasteiger partial charge is 0.289 e. The molecule has 0 bridgehead atoms. The molecule has 37 heavy (non-hydrogen) atoms. The number of carbonyl (C=O) groups is 2. The molecule has 2 aromatic carbocycles. The van der Waals surface area contributed by atoms with Crippen LogP contribution in [0.3, 0.4) is 0 Å². The molecule has 1 saturated heterocycles. The minimum atomic E-state index is -4.09. The zero-order chi connectivity index (χ0) is 26.7. The van der Waals surface area contributed by atoms with Crippen molar-refractivity contribution in [3.63, 3.8) is 0 Å². The van der Waals surface area contributed by atoms with Crippen LogP contribution in [-0.2, 0) is 33.2 Å². The Morgan fingerprint density at radius 2 is 1.86 bits per heavy atom. The third kappa shape index (κ3) is 5.62. The van der Waals surface area contributed by atoms with Gasteiger partial charge in [0.2, 0.25) is 5.91 Å². The Kier molecular flexibility index (Phi) is 7.55. The number of rotatable bonds is 8. The number of amides is 2. The van der Waals surface area contributed by atoms with Crippen LogP contribution in [0.4, 0.5) is 5.69 Å². The molecule has 1 aliphatic heterocycles. The molecule has 3 aromatic rings. The summed E-state index contributed by atoms with van der Waals surface area (Å²) in [7, 11) is -2.53. The highest BCUT2D eigenvalue weighted by Crippen LogP contribution is 2.23. The Hall–Kier alpha value is -3.84. The van der Waals surface area contributed by atoms with E-state index in [1.807, 2.05) is 13.0 Å². The lowest BCUT2D eigenvalue weighted by Crippen LogP contribution is -2.45. The Balaban J connectivity index is 1.64. The van der Waals surface area contributed by atoms with E-state index in [-0.39, 0.29) is 46.0 Å². The van der Waals surface area contributed by atoms with Gasteiger partial charge in [-0.1, -0.05) is 35.9 Å². The summed E-state index contributed by atoms with van der Waals surface area (Å²) < 4.78 is 36.2. The molecule has 1 aromatic heterocycles. The normalized spacial score (nSPS) is 16.5. The lowest BCUT2D eigenvalue weighted by Gasteiger charge is -2.21. The summed E-state index contributed by atoms with van der Waals surface area (Å²) in [5, 5.41) is 6.81. The number of likely N-dealkylation sites (N-methyl/N-ethyl adjacent to an activating group) is 1. The highest BCUT2D eigenvalue weighted by Gasteiger charge is 2.44. The molecule has 11 nitrogen and oxygen atoms in total. The first-order chi connectivity index (χ1) is 17.6. The number of thiocarbonyl (C=S) groups is 1. The number of sulfonamides is 1. The Morgan fingerprint density at radius 1 is 1.19 bits per heavy atom. The lowest BCUT2D eigenvalue weighted by molar-refractivity contribution is -0.752. The third-order valence-corrected chi connectivity index (χ3v) is 7.61.